The standard InChI is InChI=1S/C46H28N4.C42H28N4.C38H24N4/c1-3-13-33-31(11-1)27-41(38-17-7-5-15-36(33)38)45-48-44(30-23-21-29(22-24-30)35-25-26-47-43-20-10-9-19-40(35)43)49-46(50-45)42-28-32-12-2-4-14-34(32)37-16-6-8-18-39(37)42;1-3-9-29(10-4-1)31-15-21-34(22-16-31)40-44-41(35-23-17-32(18-24-35)30-11-5-2-6-12-30)46-42(45-40)36-25-19-33(20-26-36)37-27-28-43-39-14-8-7-13-38(37)39;1-3-9-29-23-31(19-13-25(29)7-1)37-40-36(41-38(42-37)32-20-14-26-8-2-4-10-30(26)24-32)28-17-15-27(16-18-28)33-21-22-39-35-12-6-5-11-34(33)35/h1-28H;1-28H;1-24H. The van der Waals surface area contributed by atoms with Crippen molar-refractivity contribution in [3.63, 3.8) is 0 Å². The average molecular weight is 1760 g/mol. The molecular weight excluding hydrogens is 1680 g/mol. The van der Waals surface area contributed by atoms with Gasteiger partial charge in [-0.1, -0.05) is 406 Å². The summed E-state index contributed by atoms with van der Waals surface area (Å²) in [5.41, 5.74) is 22.9. The Morgan fingerprint density at radius 2 is 0.326 bits per heavy atom. The van der Waals surface area contributed by atoms with Crippen LogP contribution in [-0.2, 0) is 0 Å². The van der Waals surface area contributed by atoms with Crippen LogP contribution in [0.2, 0.25) is 0 Å². The van der Waals surface area contributed by atoms with E-state index in [4.69, 9.17) is 44.9 Å². The van der Waals surface area contributed by atoms with Gasteiger partial charge in [0.1, 0.15) is 0 Å². The molecule has 0 atom stereocenters. The van der Waals surface area contributed by atoms with Gasteiger partial charge < -0.3 is 0 Å². The summed E-state index contributed by atoms with van der Waals surface area (Å²) in [5, 5.41) is 17.3. The molecule has 12 heteroatoms. The lowest BCUT2D eigenvalue weighted by molar-refractivity contribution is 1.07. The molecule has 26 rings (SSSR count). The highest BCUT2D eigenvalue weighted by atomic mass is 15.1. The fourth-order valence-electron chi connectivity index (χ4n) is 18.7. The second-order valence-electron chi connectivity index (χ2n) is 34.2. The van der Waals surface area contributed by atoms with Gasteiger partial charge >= 0.3 is 0 Å². The number of hydrogen-bond donors (Lipinski definition) is 0. The monoisotopic (exact) mass is 1760 g/mol. The summed E-state index contributed by atoms with van der Waals surface area (Å²) in [5.74, 6) is 5.77. The maximum Gasteiger partial charge on any atom is 0.164 e. The number of para-hydroxylation sites is 3. The lowest BCUT2D eigenvalue weighted by Crippen LogP contribution is -2.01. The molecule has 0 radical (unpaired) electrons. The van der Waals surface area contributed by atoms with E-state index in [1.807, 2.05) is 67.1 Å². The molecule has 0 aliphatic heterocycles. The van der Waals surface area contributed by atoms with Crippen molar-refractivity contribution in [1.82, 2.24) is 59.8 Å². The Labute approximate surface area is 795 Å². The molecule has 6 heterocycles. The molecule has 26 aromatic rings. The Kier molecular flexibility index (Phi) is 21.7. The van der Waals surface area contributed by atoms with Crippen LogP contribution in [0.5, 0.6) is 0 Å². The first kappa shape index (κ1) is 82.4. The zero-order valence-electron chi connectivity index (χ0n) is 74.6. The minimum Gasteiger partial charge on any atom is -0.256 e. The Hall–Kier alpha value is -18.8. The number of rotatable bonds is 14. The Bertz CT molecular complexity index is 8770. The summed E-state index contributed by atoms with van der Waals surface area (Å²) < 4.78 is 0. The molecule has 12 nitrogen and oxygen atoms in total. The van der Waals surface area contributed by atoms with Gasteiger partial charge in [0.05, 0.1) is 16.6 Å². The first-order valence-corrected chi connectivity index (χ1v) is 46.1. The van der Waals surface area contributed by atoms with Gasteiger partial charge in [0.25, 0.3) is 0 Å². The zero-order valence-corrected chi connectivity index (χ0v) is 74.6. The van der Waals surface area contributed by atoms with Crippen LogP contribution in [-0.4, -0.2) is 59.8 Å². The van der Waals surface area contributed by atoms with Crippen molar-refractivity contribution in [3.8, 4) is 158 Å². The minimum atomic E-state index is 0.630. The van der Waals surface area contributed by atoms with Gasteiger partial charge in [-0.25, -0.2) is 44.9 Å². The number of nitrogens with zero attached hydrogens (tertiary/aromatic N) is 12. The second-order valence-corrected chi connectivity index (χ2v) is 34.2. The van der Waals surface area contributed by atoms with E-state index in [2.05, 4.69) is 434 Å². The molecule has 0 saturated heterocycles. The third-order valence-electron chi connectivity index (χ3n) is 25.7. The van der Waals surface area contributed by atoms with Crippen LogP contribution in [0.25, 0.3) is 255 Å². The molecule has 644 valence electrons. The highest BCUT2D eigenvalue weighted by Crippen LogP contribution is 2.42. The van der Waals surface area contributed by atoms with Gasteiger partial charge in [0.2, 0.25) is 0 Å². The number of pyridine rings is 3. The number of benzene rings is 20. The van der Waals surface area contributed by atoms with Crippen molar-refractivity contribution in [1.29, 1.82) is 0 Å². The average Bonchev–Trinajstić information content (AvgIpc) is 0.745. The van der Waals surface area contributed by atoms with Crippen LogP contribution in [0.4, 0.5) is 0 Å². The van der Waals surface area contributed by atoms with E-state index in [0.717, 1.165) is 160 Å². The maximum absolute atomic E-state index is 5.28. The Morgan fingerprint density at radius 3 is 0.652 bits per heavy atom. The van der Waals surface area contributed by atoms with Gasteiger partial charge in [-0.3, -0.25) is 15.0 Å². The van der Waals surface area contributed by atoms with Crippen LogP contribution >= 0.6 is 0 Å². The van der Waals surface area contributed by atoms with Crippen molar-refractivity contribution in [2.75, 3.05) is 0 Å². The topological polar surface area (TPSA) is 155 Å². The molecule has 0 bridgehead atoms. The van der Waals surface area contributed by atoms with Gasteiger partial charge in [0.15, 0.2) is 52.4 Å². The Morgan fingerprint density at radius 1 is 0.109 bits per heavy atom. The largest absolute Gasteiger partial charge is 0.256 e. The van der Waals surface area contributed by atoms with E-state index in [1.165, 1.54) is 43.4 Å². The zero-order chi connectivity index (χ0) is 91.6. The molecule has 0 fully saturated rings. The summed E-state index contributed by atoms with van der Waals surface area (Å²) in [6, 6.07) is 162. The van der Waals surface area contributed by atoms with Gasteiger partial charge in [-0.15, -0.1) is 0 Å². The molecule has 138 heavy (non-hydrogen) atoms. The smallest absolute Gasteiger partial charge is 0.164 e. The lowest BCUT2D eigenvalue weighted by Gasteiger charge is -2.14. The van der Waals surface area contributed by atoms with Crippen molar-refractivity contribution >= 4 is 97.3 Å². The summed E-state index contributed by atoms with van der Waals surface area (Å²) in [7, 11) is 0. The summed E-state index contributed by atoms with van der Waals surface area (Å²) >= 11 is 0. The van der Waals surface area contributed by atoms with Crippen molar-refractivity contribution in [2.24, 2.45) is 0 Å². The Balaban J connectivity index is 0.000000113. The molecule has 0 unspecified atom stereocenters. The molecule has 20 aromatic carbocycles. The third-order valence-corrected chi connectivity index (χ3v) is 25.7. The maximum atomic E-state index is 5.28. The van der Waals surface area contributed by atoms with Crippen LogP contribution in [0, 0.1) is 0 Å². The third kappa shape index (κ3) is 16.5. The fraction of sp³-hybridized carbons (Fsp3) is 0. The van der Waals surface area contributed by atoms with Gasteiger partial charge in [0, 0.05) is 84.8 Å². The van der Waals surface area contributed by atoms with Crippen LogP contribution in [0.1, 0.15) is 0 Å². The molecule has 0 saturated carbocycles. The second kappa shape index (κ2) is 36.4. The summed E-state index contributed by atoms with van der Waals surface area (Å²) in [6.07, 6.45) is 5.60. The first-order valence-electron chi connectivity index (χ1n) is 46.1. The quantitative estimate of drug-likeness (QED) is 0.0952. The summed E-state index contributed by atoms with van der Waals surface area (Å²) in [6.45, 7) is 0. The molecule has 0 amide bonds. The summed E-state index contributed by atoms with van der Waals surface area (Å²) in [4.78, 5) is 59.2. The van der Waals surface area contributed by atoms with E-state index in [0.29, 0.717) is 52.4 Å². The van der Waals surface area contributed by atoms with E-state index in [9.17, 15) is 0 Å². The van der Waals surface area contributed by atoms with Crippen molar-refractivity contribution < 1.29 is 0 Å². The minimum absolute atomic E-state index is 0.630. The van der Waals surface area contributed by atoms with Crippen molar-refractivity contribution in [2.45, 2.75) is 0 Å². The van der Waals surface area contributed by atoms with Gasteiger partial charge in [-0.05, 0) is 181 Å². The van der Waals surface area contributed by atoms with Gasteiger partial charge in [-0.2, -0.15) is 0 Å². The molecule has 0 aliphatic carbocycles. The number of aromatic nitrogens is 12. The van der Waals surface area contributed by atoms with E-state index in [-0.39, 0.29) is 0 Å². The van der Waals surface area contributed by atoms with Crippen LogP contribution in [0.3, 0.4) is 0 Å². The first-order chi connectivity index (χ1) is 68.3. The van der Waals surface area contributed by atoms with E-state index < -0.39 is 0 Å². The molecule has 0 aliphatic rings. The van der Waals surface area contributed by atoms with Crippen molar-refractivity contribution in [3.05, 3.63) is 486 Å². The molecule has 6 aromatic heterocycles. The van der Waals surface area contributed by atoms with E-state index in [1.54, 1.807) is 0 Å². The SMILES string of the molecule is c1ccc(-c2ccc(-c3nc(-c4ccc(-c5ccccc5)cc4)nc(-c4ccc(-c5ccnc6ccccc56)cc4)n3)cc2)cc1.c1ccc2c(c1)cc(-c1nc(-c3ccc(-c4ccnc5ccccc45)cc3)nc(-c3cc4ccccc4c4ccccc34)n1)c1ccccc12.c1ccc2cc(-c3nc(-c4ccc(-c5ccnc6ccccc56)cc4)nc(-c4ccc5ccccc5c4)n3)ccc2c1. The number of hydrogen-bond acceptors (Lipinski definition) is 12. The normalized spacial score (nSPS) is 11.3. The van der Waals surface area contributed by atoms with Crippen LogP contribution < -0.4 is 0 Å². The predicted molar refractivity (Wildman–Crippen MR) is 567 cm³/mol. The molecule has 0 N–H and O–H groups in total. The predicted octanol–water partition coefficient (Wildman–Crippen LogP) is 31.5. The van der Waals surface area contributed by atoms with E-state index >= 15 is 0 Å². The molecule has 0 spiro atoms. The van der Waals surface area contributed by atoms with Crippen LogP contribution in [0.15, 0.2) is 486 Å². The number of fused-ring (bicyclic) bond motifs is 11. The fourth-order valence-corrected chi connectivity index (χ4v) is 18.7. The highest BCUT2D eigenvalue weighted by Gasteiger charge is 2.23. The molecular formula is C126H80N12. The highest BCUT2D eigenvalue weighted by molar-refractivity contribution is 6.15. The lowest BCUT2D eigenvalue weighted by atomic mass is 9.96.